The number of carbonyl (C=O) groups excluding carboxylic acids is 2. The van der Waals surface area contributed by atoms with Crippen LogP contribution in [0.25, 0.3) is 0 Å². The molecule has 2 rings (SSSR count). The van der Waals surface area contributed by atoms with Crippen LogP contribution in [-0.4, -0.2) is 35.7 Å². The molecule has 0 bridgehead atoms. The molecule has 0 aliphatic carbocycles. The SMILES string of the molecule is C#CC(C)N(C(=O)CCl)c1ccccc1.C#CC(C)N(C(=O)CCl)c1ccccc1. The third kappa shape index (κ3) is 7.16. The maximum Gasteiger partial charge on any atom is 0.242 e. The maximum atomic E-state index is 11.6. The molecule has 4 nitrogen and oxygen atoms in total. The average Bonchev–Trinajstić information content (AvgIpc) is 2.80. The Balaban J connectivity index is 0.000000300. The topological polar surface area (TPSA) is 40.6 Å². The van der Waals surface area contributed by atoms with E-state index >= 15 is 0 Å². The summed E-state index contributed by atoms with van der Waals surface area (Å²) in [7, 11) is 0. The van der Waals surface area contributed by atoms with Crippen molar-refractivity contribution >= 4 is 46.4 Å². The molecule has 0 heterocycles. The predicted molar refractivity (Wildman–Crippen MR) is 126 cm³/mol. The van der Waals surface area contributed by atoms with E-state index in [1.807, 2.05) is 60.7 Å². The Bertz CT molecular complexity index is 813. The Morgan fingerprint density at radius 2 is 1.07 bits per heavy atom. The summed E-state index contributed by atoms with van der Waals surface area (Å²) < 4.78 is 0. The number of benzene rings is 2. The Morgan fingerprint density at radius 1 is 0.767 bits per heavy atom. The number of anilines is 2. The summed E-state index contributed by atoms with van der Waals surface area (Å²) in [6, 6.07) is 17.9. The van der Waals surface area contributed by atoms with Gasteiger partial charge in [-0.05, 0) is 38.1 Å². The number of terminal acetylenes is 2. The van der Waals surface area contributed by atoms with Crippen LogP contribution in [0.5, 0.6) is 0 Å². The quantitative estimate of drug-likeness (QED) is 0.485. The van der Waals surface area contributed by atoms with Gasteiger partial charge in [-0.15, -0.1) is 36.0 Å². The van der Waals surface area contributed by atoms with Gasteiger partial charge in [0.1, 0.15) is 11.8 Å². The zero-order chi connectivity index (χ0) is 22.5. The second-order valence-corrected chi connectivity index (χ2v) is 6.69. The Labute approximate surface area is 188 Å². The minimum atomic E-state index is -0.293. The van der Waals surface area contributed by atoms with Crippen LogP contribution in [0.4, 0.5) is 11.4 Å². The van der Waals surface area contributed by atoms with Crippen LogP contribution in [0.2, 0.25) is 0 Å². The van der Waals surface area contributed by atoms with E-state index in [0.717, 1.165) is 11.4 Å². The van der Waals surface area contributed by atoms with E-state index in [4.69, 9.17) is 36.0 Å². The molecule has 6 heteroatoms. The van der Waals surface area contributed by atoms with E-state index in [2.05, 4.69) is 11.8 Å². The molecule has 0 aliphatic rings. The first-order valence-electron chi connectivity index (χ1n) is 9.19. The number of hydrogen-bond donors (Lipinski definition) is 0. The number of carbonyl (C=O) groups is 2. The van der Waals surface area contributed by atoms with Gasteiger partial charge in [-0.25, -0.2) is 0 Å². The van der Waals surface area contributed by atoms with Gasteiger partial charge in [0.15, 0.2) is 0 Å². The van der Waals surface area contributed by atoms with Crippen molar-refractivity contribution in [1.29, 1.82) is 0 Å². The van der Waals surface area contributed by atoms with E-state index in [1.54, 1.807) is 13.8 Å². The average molecular weight is 443 g/mol. The van der Waals surface area contributed by atoms with Crippen molar-refractivity contribution in [1.82, 2.24) is 0 Å². The van der Waals surface area contributed by atoms with Crippen LogP contribution in [0.3, 0.4) is 0 Å². The molecule has 0 spiro atoms. The van der Waals surface area contributed by atoms with Gasteiger partial charge in [0.2, 0.25) is 11.8 Å². The molecule has 2 amide bonds. The minimum Gasteiger partial charge on any atom is -0.297 e. The van der Waals surface area contributed by atoms with Crippen molar-refractivity contribution in [2.75, 3.05) is 21.6 Å². The highest BCUT2D eigenvalue weighted by Crippen LogP contribution is 2.17. The molecule has 0 radical (unpaired) electrons. The number of hydrogen-bond acceptors (Lipinski definition) is 2. The van der Waals surface area contributed by atoms with E-state index in [9.17, 15) is 9.59 Å². The number of rotatable bonds is 6. The molecule has 30 heavy (non-hydrogen) atoms. The first kappa shape index (κ1) is 25.1. The molecule has 2 atom stereocenters. The first-order chi connectivity index (χ1) is 14.4. The maximum absolute atomic E-state index is 11.6. The summed E-state index contributed by atoms with van der Waals surface area (Å²) in [5.41, 5.74) is 1.54. The molecule has 0 saturated heterocycles. The summed E-state index contributed by atoms with van der Waals surface area (Å²) in [6.45, 7) is 3.58. The second kappa shape index (κ2) is 13.3. The molecule has 0 saturated carbocycles. The lowest BCUT2D eigenvalue weighted by molar-refractivity contribution is -0.117. The van der Waals surface area contributed by atoms with E-state index < -0.39 is 0 Å². The highest BCUT2D eigenvalue weighted by atomic mass is 35.5. The summed E-state index contributed by atoms with van der Waals surface area (Å²) >= 11 is 11.1. The predicted octanol–water partition coefficient (Wildman–Crippen LogP) is 4.56. The van der Waals surface area contributed by atoms with Gasteiger partial charge >= 0.3 is 0 Å². The second-order valence-electron chi connectivity index (χ2n) is 6.15. The fraction of sp³-hybridized carbons (Fsp3) is 0.250. The molecule has 2 aromatic carbocycles. The lowest BCUT2D eigenvalue weighted by Crippen LogP contribution is -2.38. The zero-order valence-electron chi connectivity index (χ0n) is 17.0. The van der Waals surface area contributed by atoms with Crippen LogP contribution in [0.15, 0.2) is 60.7 Å². The van der Waals surface area contributed by atoms with Crippen LogP contribution in [0.1, 0.15) is 13.8 Å². The number of para-hydroxylation sites is 2. The van der Waals surface area contributed by atoms with Crippen LogP contribution < -0.4 is 9.80 Å². The van der Waals surface area contributed by atoms with Crippen LogP contribution in [-0.2, 0) is 9.59 Å². The molecule has 0 aliphatic heterocycles. The third-order valence-corrected chi connectivity index (χ3v) is 4.55. The summed E-state index contributed by atoms with van der Waals surface area (Å²) in [5.74, 6) is 4.54. The fourth-order valence-electron chi connectivity index (χ4n) is 2.62. The van der Waals surface area contributed by atoms with E-state index in [-0.39, 0.29) is 35.7 Å². The van der Waals surface area contributed by atoms with Crippen molar-refractivity contribution < 1.29 is 9.59 Å². The Hall–Kier alpha value is -2.92. The number of nitrogens with zero attached hydrogens (tertiary/aromatic N) is 2. The Kier molecular flexibility index (Phi) is 11.2. The van der Waals surface area contributed by atoms with Crippen molar-refractivity contribution in [3.8, 4) is 24.7 Å². The molecule has 0 aromatic heterocycles. The Morgan fingerprint density at radius 3 is 1.30 bits per heavy atom. The first-order valence-corrected chi connectivity index (χ1v) is 10.3. The van der Waals surface area contributed by atoms with Gasteiger partial charge in [-0.2, -0.15) is 0 Å². The van der Waals surface area contributed by atoms with Crippen LogP contribution in [0, 0.1) is 24.7 Å². The van der Waals surface area contributed by atoms with Crippen molar-refractivity contribution in [3.05, 3.63) is 60.7 Å². The number of halogens is 2. The van der Waals surface area contributed by atoms with Gasteiger partial charge < -0.3 is 0 Å². The smallest absolute Gasteiger partial charge is 0.242 e. The highest BCUT2D eigenvalue weighted by Gasteiger charge is 2.19. The largest absolute Gasteiger partial charge is 0.297 e. The summed E-state index contributed by atoms with van der Waals surface area (Å²) in [4.78, 5) is 26.3. The highest BCUT2D eigenvalue weighted by molar-refractivity contribution is 6.30. The number of alkyl halides is 2. The lowest BCUT2D eigenvalue weighted by atomic mass is 10.2. The zero-order valence-corrected chi connectivity index (χ0v) is 18.5. The van der Waals surface area contributed by atoms with E-state index in [0.29, 0.717) is 0 Å². The van der Waals surface area contributed by atoms with Crippen molar-refractivity contribution in [3.63, 3.8) is 0 Å². The molecular formula is C24H24Cl2N2O2. The standard InChI is InChI=1S/2C12H12ClNO/c2*1-3-10(2)14(12(15)9-13)11-7-5-4-6-8-11/h2*1,4-8,10H,9H2,2H3. The molecular weight excluding hydrogens is 419 g/mol. The van der Waals surface area contributed by atoms with Gasteiger partial charge in [-0.1, -0.05) is 48.2 Å². The van der Waals surface area contributed by atoms with Gasteiger partial charge in [-0.3, -0.25) is 19.4 Å². The summed E-state index contributed by atoms with van der Waals surface area (Å²) in [5, 5.41) is 0. The fourth-order valence-corrected chi connectivity index (χ4v) is 2.88. The van der Waals surface area contributed by atoms with Crippen LogP contribution >= 0.6 is 23.2 Å². The van der Waals surface area contributed by atoms with Gasteiger partial charge in [0, 0.05) is 11.4 Å². The number of amides is 2. The molecule has 156 valence electrons. The van der Waals surface area contributed by atoms with Gasteiger partial charge in [0.05, 0.1) is 12.1 Å². The van der Waals surface area contributed by atoms with Gasteiger partial charge in [0.25, 0.3) is 0 Å². The molecule has 2 aromatic rings. The third-order valence-electron chi connectivity index (χ3n) is 4.09. The summed E-state index contributed by atoms with van der Waals surface area (Å²) in [6.07, 6.45) is 10.6. The molecule has 0 fully saturated rings. The monoisotopic (exact) mass is 442 g/mol. The molecule has 0 N–H and O–H groups in total. The van der Waals surface area contributed by atoms with Crippen molar-refractivity contribution in [2.24, 2.45) is 0 Å². The normalized spacial score (nSPS) is 11.5. The minimum absolute atomic E-state index is 0.0685. The molecule has 2 unspecified atom stereocenters. The lowest BCUT2D eigenvalue weighted by Gasteiger charge is -2.25. The van der Waals surface area contributed by atoms with Crippen molar-refractivity contribution in [2.45, 2.75) is 25.9 Å². The van der Waals surface area contributed by atoms with E-state index in [1.165, 1.54) is 9.80 Å².